The predicted octanol–water partition coefficient (Wildman–Crippen LogP) is 0.236. The van der Waals surface area contributed by atoms with E-state index in [0.29, 0.717) is 12.0 Å². The van der Waals surface area contributed by atoms with Crippen LogP contribution < -0.4 is 10.6 Å². The van der Waals surface area contributed by atoms with Crippen LogP contribution in [0, 0.1) is 11.3 Å². The number of hydrogen-bond acceptors (Lipinski definition) is 4. The number of carbonyl (C=O) groups is 2. The molecule has 21 heavy (non-hydrogen) atoms. The van der Waals surface area contributed by atoms with Gasteiger partial charge >= 0.3 is 6.09 Å². The van der Waals surface area contributed by atoms with Crippen molar-refractivity contribution in [3.05, 3.63) is 35.4 Å². The Morgan fingerprint density at radius 2 is 1.95 bits per heavy atom. The van der Waals surface area contributed by atoms with Crippen molar-refractivity contribution in [3.63, 3.8) is 0 Å². The van der Waals surface area contributed by atoms with Crippen molar-refractivity contribution in [2.75, 3.05) is 13.2 Å². The van der Waals surface area contributed by atoms with E-state index >= 15 is 0 Å². The lowest BCUT2D eigenvalue weighted by atomic mass is 10.0. The van der Waals surface area contributed by atoms with Gasteiger partial charge in [0.15, 0.2) is 0 Å². The van der Waals surface area contributed by atoms with Crippen molar-refractivity contribution in [2.24, 2.45) is 0 Å². The molecule has 0 fully saturated rings. The second-order valence-electron chi connectivity index (χ2n) is 4.44. The van der Waals surface area contributed by atoms with Crippen molar-refractivity contribution >= 4 is 12.0 Å². The zero-order valence-corrected chi connectivity index (χ0v) is 11.4. The van der Waals surface area contributed by atoms with Crippen LogP contribution in [0.4, 0.5) is 4.79 Å². The van der Waals surface area contributed by atoms with Gasteiger partial charge in [0.05, 0.1) is 18.2 Å². The smallest absolute Gasteiger partial charge is 0.404 e. The average Bonchev–Trinajstić information content (AvgIpc) is 2.45. The third-order valence-corrected chi connectivity index (χ3v) is 2.76. The molecule has 0 heterocycles. The lowest BCUT2D eigenvalue weighted by Crippen LogP contribution is -2.40. The summed E-state index contributed by atoms with van der Waals surface area (Å²) in [4.78, 5) is 22.4. The summed E-state index contributed by atoms with van der Waals surface area (Å²) in [6.07, 6.45) is -0.889. The summed E-state index contributed by atoms with van der Waals surface area (Å²) in [5.41, 5.74) is 1.34. The van der Waals surface area contributed by atoms with E-state index in [4.69, 9.17) is 15.5 Å². The van der Waals surface area contributed by atoms with E-state index in [-0.39, 0.29) is 25.5 Å². The van der Waals surface area contributed by atoms with Gasteiger partial charge in [-0.2, -0.15) is 5.26 Å². The molecular weight excluding hydrogens is 274 g/mol. The van der Waals surface area contributed by atoms with Gasteiger partial charge in [-0.05, 0) is 24.1 Å². The van der Waals surface area contributed by atoms with Crippen LogP contribution in [0.2, 0.25) is 0 Å². The van der Waals surface area contributed by atoms with Crippen LogP contribution in [0.25, 0.3) is 0 Å². The number of amides is 2. The lowest BCUT2D eigenvalue weighted by Gasteiger charge is -2.16. The predicted molar refractivity (Wildman–Crippen MR) is 74.5 cm³/mol. The van der Waals surface area contributed by atoms with Crippen molar-refractivity contribution in [3.8, 4) is 6.07 Å². The number of aliphatic hydroxyl groups is 1. The topological polar surface area (TPSA) is 122 Å². The normalized spacial score (nSPS) is 11.2. The van der Waals surface area contributed by atoms with E-state index < -0.39 is 12.1 Å². The van der Waals surface area contributed by atoms with E-state index in [1.54, 1.807) is 24.3 Å². The van der Waals surface area contributed by atoms with E-state index in [2.05, 4.69) is 10.6 Å². The number of nitrogens with zero attached hydrogens (tertiary/aromatic N) is 1. The van der Waals surface area contributed by atoms with Crippen LogP contribution >= 0.6 is 0 Å². The van der Waals surface area contributed by atoms with Gasteiger partial charge in [-0.1, -0.05) is 12.1 Å². The highest BCUT2D eigenvalue weighted by Crippen LogP contribution is 2.08. The molecule has 0 unspecified atom stereocenters. The highest BCUT2D eigenvalue weighted by Gasteiger charge is 2.16. The number of carboxylic acid groups (broad SMARTS) is 1. The van der Waals surface area contributed by atoms with Gasteiger partial charge in [0, 0.05) is 19.0 Å². The van der Waals surface area contributed by atoms with Gasteiger partial charge in [-0.3, -0.25) is 4.79 Å². The molecule has 1 aromatic carbocycles. The Balaban J connectivity index is 2.66. The number of aliphatic hydroxyl groups excluding tert-OH is 1. The Morgan fingerprint density at radius 3 is 2.48 bits per heavy atom. The van der Waals surface area contributed by atoms with Gasteiger partial charge in [0.25, 0.3) is 0 Å². The maximum atomic E-state index is 11.6. The Kier molecular flexibility index (Phi) is 6.71. The Bertz CT molecular complexity index is 522. The van der Waals surface area contributed by atoms with Crippen LogP contribution in [-0.2, 0) is 11.2 Å². The molecule has 1 rings (SSSR count). The lowest BCUT2D eigenvalue weighted by molar-refractivity contribution is -0.121. The maximum absolute atomic E-state index is 11.6. The zero-order valence-electron chi connectivity index (χ0n) is 11.4. The second-order valence-corrected chi connectivity index (χ2v) is 4.44. The van der Waals surface area contributed by atoms with Gasteiger partial charge in [-0.25, -0.2) is 4.79 Å². The molecule has 7 heteroatoms. The summed E-state index contributed by atoms with van der Waals surface area (Å²) in [5.74, 6) is -0.337. The zero-order chi connectivity index (χ0) is 15.7. The molecule has 0 saturated heterocycles. The maximum Gasteiger partial charge on any atom is 0.404 e. The van der Waals surface area contributed by atoms with Gasteiger partial charge in [0.1, 0.15) is 0 Å². The van der Waals surface area contributed by atoms with Crippen LogP contribution in [0.5, 0.6) is 0 Å². The number of benzene rings is 1. The molecule has 0 aliphatic rings. The highest BCUT2D eigenvalue weighted by atomic mass is 16.4. The molecule has 7 nitrogen and oxygen atoms in total. The third kappa shape index (κ3) is 6.40. The molecule has 1 atom stereocenters. The summed E-state index contributed by atoms with van der Waals surface area (Å²) >= 11 is 0. The fourth-order valence-electron chi connectivity index (χ4n) is 1.84. The van der Waals surface area contributed by atoms with Gasteiger partial charge in [-0.15, -0.1) is 0 Å². The first-order chi connectivity index (χ1) is 10.0. The molecule has 1 aromatic rings. The molecule has 4 N–H and O–H groups in total. The first kappa shape index (κ1) is 16.5. The molecule has 0 saturated carbocycles. The van der Waals surface area contributed by atoms with Crippen LogP contribution in [0.3, 0.4) is 0 Å². The van der Waals surface area contributed by atoms with E-state index in [0.717, 1.165) is 5.56 Å². The van der Waals surface area contributed by atoms with Crippen LogP contribution in [-0.4, -0.2) is 41.4 Å². The van der Waals surface area contributed by atoms with Crippen LogP contribution in [0.1, 0.15) is 17.5 Å². The minimum atomic E-state index is -1.20. The molecule has 0 spiro atoms. The fraction of sp³-hybridized carbons (Fsp3) is 0.357. The average molecular weight is 291 g/mol. The summed E-state index contributed by atoms with van der Waals surface area (Å²) in [6.45, 7) is -0.0339. The highest BCUT2D eigenvalue weighted by molar-refractivity contribution is 5.77. The second kappa shape index (κ2) is 8.55. The van der Waals surface area contributed by atoms with E-state index in [1.807, 2.05) is 6.07 Å². The monoisotopic (exact) mass is 291 g/mol. The molecule has 112 valence electrons. The quantitative estimate of drug-likeness (QED) is 0.573. The molecule has 2 amide bonds. The van der Waals surface area contributed by atoms with E-state index in [9.17, 15) is 9.59 Å². The first-order valence-electron chi connectivity index (χ1n) is 6.41. The van der Waals surface area contributed by atoms with Gasteiger partial charge in [0.2, 0.25) is 5.91 Å². The van der Waals surface area contributed by atoms with Gasteiger partial charge < -0.3 is 20.8 Å². The molecular formula is C14H17N3O4. The minimum absolute atomic E-state index is 0.0215. The summed E-state index contributed by atoms with van der Waals surface area (Å²) in [7, 11) is 0. The molecule has 0 aromatic heterocycles. The Labute approximate surface area is 122 Å². The molecule has 0 aliphatic carbocycles. The summed E-state index contributed by atoms with van der Waals surface area (Å²) < 4.78 is 0. The Morgan fingerprint density at radius 1 is 1.29 bits per heavy atom. The molecule has 0 aliphatic heterocycles. The third-order valence-electron chi connectivity index (χ3n) is 2.76. The number of hydrogen-bond donors (Lipinski definition) is 4. The number of nitrogens with one attached hydrogen (secondary N) is 2. The van der Waals surface area contributed by atoms with E-state index in [1.165, 1.54) is 0 Å². The van der Waals surface area contributed by atoms with Crippen molar-refractivity contribution < 1.29 is 19.8 Å². The fourth-order valence-corrected chi connectivity index (χ4v) is 1.84. The molecule has 0 bridgehead atoms. The standard InChI is InChI=1S/C14H17N3O4/c15-9-11-3-1-10(2-4-11)7-12(17-14(20)21)8-13(19)16-5-6-18/h1-4,12,17-18H,5-8H2,(H,16,19)(H,20,21)/t12-/m1/s1. The first-order valence-corrected chi connectivity index (χ1v) is 6.41. The summed E-state index contributed by atoms with van der Waals surface area (Å²) in [6, 6.07) is 8.14. The number of rotatable bonds is 7. The van der Waals surface area contributed by atoms with Crippen molar-refractivity contribution in [1.82, 2.24) is 10.6 Å². The van der Waals surface area contributed by atoms with Crippen LogP contribution in [0.15, 0.2) is 24.3 Å². The number of carbonyl (C=O) groups excluding carboxylic acids is 1. The van der Waals surface area contributed by atoms with Crippen molar-refractivity contribution in [1.29, 1.82) is 5.26 Å². The SMILES string of the molecule is N#Cc1ccc(C[C@H](CC(=O)NCCO)NC(=O)O)cc1. The largest absolute Gasteiger partial charge is 0.465 e. The van der Waals surface area contributed by atoms with Crippen molar-refractivity contribution in [2.45, 2.75) is 18.9 Å². The number of nitriles is 1. The minimum Gasteiger partial charge on any atom is -0.465 e. The summed E-state index contributed by atoms with van der Waals surface area (Å²) in [5, 5.41) is 30.9. The molecule has 0 radical (unpaired) electrons. The Hall–Kier alpha value is -2.59.